The van der Waals surface area contributed by atoms with Crippen LogP contribution in [0.15, 0.2) is 30.6 Å². The second-order valence-corrected chi connectivity index (χ2v) is 5.19. The maximum absolute atomic E-state index is 12.9. The molecule has 0 fully saturated rings. The van der Waals surface area contributed by atoms with Gasteiger partial charge in [-0.25, -0.2) is 0 Å². The van der Waals surface area contributed by atoms with Crippen LogP contribution in [0.1, 0.15) is 22.7 Å². The molecule has 0 spiro atoms. The van der Waals surface area contributed by atoms with Crippen LogP contribution in [0.3, 0.4) is 0 Å². The average molecular weight is 363 g/mol. The minimum atomic E-state index is -4.46. The van der Waals surface area contributed by atoms with Crippen molar-refractivity contribution >= 4 is 24.0 Å². The van der Waals surface area contributed by atoms with Crippen LogP contribution < -0.4 is 10.6 Å². The molecule has 2 rings (SSSR count). The van der Waals surface area contributed by atoms with Gasteiger partial charge in [-0.1, -0.05) is 6.07 Å². The highest BCUT2D eigenvalue weighted by atomic mass is 35.5. The van der Waals surface area contributed by atoms with Crippen molar-refractivity contribution < 1.29 is 18.0 Å². The van der Waals surface area contributed by atoms with Gasteiger partial charge in [0.15, 0.2) is 0 Å². The first-order valence-electron chi connectivity index (χ1n) is 6.87. The number of rotatable bonds is 4. The highest BCUT2D eigenvalue weighted by molar-refractivity contribution is 5.95. The molecule has 9 heteroatoms. The molecule has 0 aliphatic rings. The van der Waals surface area contributed by atoms with Crippen molar-refractivity contribution in [3.63, 3.8) is 0 Å². The second-order valence-electron chi connectivity index (χ2n) is 5.19. The van der Waals surface area contributed by atoms with Crippen molar-refractivity contribution in [1.82, 2.24) is 15.1 Å². The van der Waals surface area contributed by atoms with E-state index < -0.39 is 23.7 Å². The lowest BCUT2D eigenvalue weighted by Crippen LogP contribution is -2.30. The first-order chi connectivity index (χ1) is 10.7. The van der Waals surface area contributed by atoms with Gasteiger partial charge in [-0.2, -0.15) is 18.3 Å². The Hall–Kier alpha value is -2.06. The lowest BCUT2D eigenvalue weighted by atomic mass is 10.1. The molecule has 1 heterocycles. The minimum Gasteiger partial charge on any atom is -0.324 e. The highest BCUT2D eigenvalue weighted by Crippen LogP contribution is 2.33. The van der Waals surface area contributed by atoms with Gasteiger partial charge in [-0.05, 0) is 31.7 Å². The fourth-order valence-corrected chi connectivity index (χ4v) is 2.26. The van der Waals surface area contributed by atoms with Gasteiger partial charge in [0, 0.05) is 24.5 Å². The zero-order valence-electron chi connectivity index (χ0n) is 13.3. The Labute approximate surface area is 143 Å². The normalized spacial score (nSPS) is 12.4. The number of amides is 1. The number of nitrogens with zero attached hydrogens (tertiary/aromatic N) is 2. The molecule has 1 amide bonds. The number of aromatic nitrogens is 2. The monoisotopic (exact) mass is 362 g/mol. The molecule has 1 aromatic heterocycles. The molecule has 0 aliphatic heterocycles. The SMILES string of the molecule is CNC(C(=O)Nc1ccc(C)c(C(F)(F)F)c1)c1cnn(C)c1.Cl. The van der Waals surface area contributed by atoms with Crippen LogP contribution in [0.5, 0.6) is 0 Å². The number of carbonyl (C=O) groups excluding carboxylic acids is 1. The van der Waals surface area contributed by atoms with E-state index in [-0.39, 0.29) is 23.7 Å². The summed E-state index contributed by atoms with van der Waals surface area (Å²) in [6.45, 7) is 1.38. The summed E-state index contributed by atoms with van der Waals surface area (Å²) in [7, 11) is 3.30. The maximum Gasteiger partial charge on any atom is 0.416 e. The number of nitrogens with one attached hydrogen (secondary N) is 2. The number of aryl methyl sites for hydroxylation is 2. The fourth-order valence-electron chi connectivity index (χ4n) is 2.26. The predicted molar refractivity (Wildman–Crippen MR) is 87.1 cm³/mol. The van der Waals surface area contributed by atoms with Crippen molar-refractivity contribution in [2.45, 2.75) is 19.1 Å². The van der Waals surface area contributed by atoms with Crippen molar-refractivity contribution in [1.29, 1.82) is 0 Å². The number of alkyl halides is 3. The molecule has 0 aliphatic carbocycles. The van der Waals surface area contributed by atoms with E-state index in [9.17, 15) is 18.0 Å². The van der Waals surface area contributed by atoms with Crippen LogP contribution in [0.4, 0.5) is 18.9 Å². The van der Waals surface area contributed by atoms with E-state index in [2.05, 4.69) is 15.7 Å². The van der Waals surface area contributed by atoms with Crippen LogP contribution >= 0.6 is 12.4 Å². The molecule has 1 unspecified atom stereocenters. The van der Waals surface area contributed by atoms with Gasteiger partial charge in [-0.15, -0.1) is 12.4 Å². The summed E-state index contributed by atoms with van der Waals surface area (Å²) in [5.74, 6) is -0.461. The quantitative estimate of drug-likeness (QED) is 0.878. The zero-order chi connectivity index (χ0) is 17.2. The number of hydrogen-bond donors (Lipinski definition) is 2. The molecule has 2 aromatic rings. The number of carbonyl (C=O) groups is 1. The molecule has 1 atom stereocenters. The Morgan fingerprint density at radius 2 is 2.00 bits per heavy atom. The van der Waals surface area contributed by atoms with Crippen molar-refractivity contribution in [2.24, 2.45) is 7.05 Å². The first-order valence-corrected chi connectivity index (χ1v) is 6.87. The number of halogens is 4. The van der Waals surface area contributed by atoms with E-state index >= 15 is 0 Å². The Balaban J connectivity index is 0.00000288. The molecule has 24 heavy (non-hydrogen) atoms. The molecular formula is C15H18ClF3N4O. The number of hydrogen-bond acceptors (Lipinski definition) is 3. The third kappa shape index (κ3) is 4.48. The molecule has 1 aromatic carbocycles. The van der Waals surface area contributed by atoms with Crippen molar-refractivity contribution in [3.05, 3.63) is 47.3 Å². The van der Waals surface area contributed by atoms with E-state index in [4.69, 9.17) is 0 Å². The lowest BCUT2D eigenvalue weighted by Gasteiger charge is -2.16. The van der Waals surface area contributed by atoms with Gasteiger partial charge in [0.2, 0.25) is 5.91 Å². The van der Waals surface area contributed by atoms with E-state index in [1.165, 1.54) is 25.3 Å². The van der Waals surface area contributed by atoms with Gasteiger partial charge >= 0.3 is 6.18 Å². The van der Waals surface area contributed by atoms with Crippen LogP contribution in [0, 0.1) is 6.92 Å². The van der Waals surface area contributed by atoms with Gasteiger partial charge in [0.25, 0.3) is 0 Å². The summed E-state index contributed by atoms with van der Waals surface area (Å²) >= 11 is 0. The highest BCUT2D eigenvalue weighted by Gasteiger charge is 2.32. The van der Waals surface area contributed by atoms with E-state index in [0.717, 1.165) is 6.07 Å². The van der Waals surface area contributed by atoms with Crippen LogP contribution in [-0.4, -0.2) is 22.7 Å². The summed E-state index contributed by atoms with van der Waals surface area (Å²) < 4.78 is 40.3. The van der Waals surface area contributed by atoms with Crippen LogP contribution in [0.2, 0.25) is 0 Å². The van der Waals surface area contributed by atoms with E-state index in [1.807, 2.05) is 0 Å². The molecule has 0 saturated carbocycles. The third-order valence-corrected chi connectivity index (χ3v) is 3.42. The summed E-state index contributed by atoms with van der Waals surface area (Å²) in [5, 5.41) is 9.30. The van der Waals surface area contributed by atoms with Gasteiger partial charge in [-0.3, -0.25) is 9.48 Å². The topological polar surface area (TPSA) is 59.0 Å². The Bertz CT molecular complexity index is 715. The summed E-state index contributed by atoms with van der Waals surface area (Å²) in [6.07, 6.45) is -1.27. The second kappa shape index (κ2) is 7.67. The van der Waals surface area contributed by atoms with Gasteiger partial charge in [0.1, 0.15) is 6.04 Å². The number of likely N-dealkylation sites (N-methyl/N-ethyl adjacent to an activating group) is 1. The fraction of sp³-hybridized carbons (Fsp3) is 0.333. The molecule has 132 valence electrons. The molecule has 2 N–H and O–H groups in total. The average Bonchev–Trinajstić information content (AvgIpc) is 2.87. The van der Waals surface area contributed by atoms with Crippen molar-refractivity contribution in [2.75, 3.05) is 12.4 Å². The van der Waals surface area contributed by atoms with Crippen LogP contribution in [0.25, 0.3) is 0 Å². The minimum absolute atomic E-state index is 0. The molecule has 0 bridgehead atoms. The molecule has 0 saturated heterocycles. The summed E-state index contributed by atoms with van der Waals surface area (Å²) in [4.78, 5) is 12.3. The Morgan fingerprint density at radius 1 is 1.33 bits per heavy atom. The molecule has 5 nitrogen and oxygen atoms in total. The standard InChI is InChI=1S/C15H17F3N4O.ClH/c1-9-4-5-11(6-12(9)15(16,17)18)21-14(23)13(19-2)10-7-20-22(3)8-10;/h4-8,13,19H,1-3H3,(H,21,23);1H. The number of anilines is 1. The van der Waals surface area contributed by atoms with Gasteiger partial charge < -0.3 is 10.6 Å². The van der Waals surface area contributed by atoms with Gasteiger partial charge in [0.05, 0.1) is 11.8 Å². The molecular weight excluding hydrogens is 345 g/mol. The maximum atomic E-state index is 12.9. The largest absolute Gasteiger partial charge is 0.416 e. The van der Waals surface area contributed by atoms with Crippen LogP contribution in [-0.2, 0) is 18.0 Å². The predicted octanol–water partition coefficient (Wildman–Crippen LogP) is 3.07. The van der Waals surface area contributed by atoms with E-state index in [0.29, 0.717) is 5.56 Å². The third-order valence-electron chi connectivity index (χ3n) is 3.42. The summed E-state index contributed by atoms with van der Waals surface area (Å²) in [6, 6.07) is 3.00. The van der Waals surface area contributed by atoms with Crippen molar-refractivity contribution in [3.8, 4) is 0 Å². The number of benzene rings is 1. The lowest BCUT2D eigenvalue weighted by molar-refractivity contribution is -0.138. The Kier molecular flexibility index (Phi) is 6.39. The molecule has 0 radical (unpaired) electrons. The smallest absolute Gasteiger partial charge is 0.324 e. The first kappa shape index (κ1) is 20.0. The van der Waals surface area contributed by atoms with E-state index in [1.54, 1.807) is 25.0 Å². The summed E-state index contributed by atoms with van der Waals surface area (Å²) in [5.41, 5.74) is 0.0540. The Morgan fingerprint density at radius 3 is 2.50 bits per heavy atom. The zero-order valence-corrected chi connectivity index (χ0v) is 14.1.